The van der Waals surface area contributed by atoms with Crippen LogP contribution in [0.4, 0.5) is 5.69 Å². The number of amides is 3. The molecule has 3 aliphatic heterocycles. The first-order valence-corrected chi connectivity index (χ1v) is 15.3. The van der Waals surface area contributed by atoms with Gasteiger partial charge in [-0.2, -0.15) is 0 Å². The van der Waals surface area contributed by atoms with Crippen molar-refractivity contribution in [1.29, 1.82) is 0 Å². The zero-order valence-corrected chi connectivity index (χ0v) is 26.0. The molecule has 0 saturated carbocycles. The van der Waals surface area contributed by atoms with Crippen LogP contribution < -0.4 is 9.64 Å². The largest absolute Gasteiger partial charge is 0.494 e. The lowest BCUT2D eigenvalue weighted by Gasteiger charge is -2.40. The van der Waals surface area contributed by atoms with Gasteiger partial charge in [-0.15, -0.1) is 13.2 Å². The Labute approximate surface area is 251 Å². The van der Waals surface area contributed by atoms with E-state index in [9.17, 15) is 19.5 Å². The lowest BCUT2D eigenvalue weighted by Crippen LogP contribution is -2.60. The summed E-state index contributed by atoms with van der Waals surface area (Å²) in [6.07, 6.45) is 3.57. The molecular formula is C31H42BrN3O6. The lowest BCUT2D eigenvalue weighted by atomic mass is 9.70. The van der Waals surface area contributed by atoms with Gasteiger partial charge in [0.1, 0.15) is 17.4 Å². The van der Waals surface area contributed by atoms with Crippen molar-refractivity contribution in [3.05, 3.63) is 49.6 Å². The quantitative estimate of drug-likeness (QED) is 0.264. The van der Waals surface area contributed by atoms with Crippen LogP contribution in [-0.4, -0.2) is 93.6 Å². The van der Waals surface area contributed by atoms with Gasteiger partial charge in [-0.1, -0.05) is 35.0 Å². The molecular weight excluding hydrogens is 590 g/mol. The van der Waals surface area contributed by atoms with Gasteiger partial charge in [-0.25, -0.2) is 0 Å². The smallest absolute Gasteiger partial charge is 0.248 e. The molecule has 3 aliphatic rings. The summed E-state index contributed by atoms with van der Waals surface area (Å²) in [6.45, 7) is 16.0. The fourth-order valence-corrected chi connectivity index (χ4v) is 7.75. The van der Waals surface area contributed by atoms with Crippen molar-refractivity contribution in [2.45, 2.75) is 75.2 Å². The van der Waals surface area contributed by atoms with E-state index in [1.54, 1.807) is 34.1 Å². The zero-order chi connectivity index (χ0) is 30.1. The molecule has 9 nitrogen and oxygen atoms in total. The number of halogens is 1. The van der Waals surface area contributed by atoms with Gasteiger partial charge in [0.2, 0.25) is 17.7 Å². The van der Waals surface area contributed by atoms with E-state index in [0.717, 1.165) is 0 Å². The maximum Gasteiger partial charge on any atom is 0.248 e. The third-order valence-electron chi connectivity index (χ3n) is 8.59. The van der Waals surface area contributed by atoms with Crippen molar-refractivity contribution in [3.63, 3.8) is 0 Å². The van der Waals surface area contributed by atoms with Crippen molar-refractivity contribution >= 4 is 39.3 Å². The first-order valence-electron chi connectivity index (χ1n) is 14.4. The maximum absolute atomic E-state index is 14.4. The van der Waals surface area contributed by atoms with E-state index in [1.807, 2.05) is 39.8 Å². The molecule has 4 rings (SSSR count). The summed E-state index contributed by atoms with van der Waals surface area (Å²) in [5.74, 6) is -1.84. The summed E-state index contributed by atoms with van der Waals surface area (Å²) in [6, 6.07) is 5.52. The molecule has 1 N–H and O–H groups in total. The molecule has 0 radical (unpaired) electrons. The van der Waals surface area contributed by atoms with Crippen molar-refractivity contribution in [2.24, 2.45) is 11.8 Å². The second kappa shape index (κ2) is 12.7. The molecule has 3 fully saturated rings. The molecule has 0 aromatic heterocycles. The van der Waals surface area contributed by atoms with E-state index in [-0.39, 0.29) is 41.7 Å². The number of ether oxygens (including phenoxy) is 2. The molecule has 1 aromatic carbocycles. The number of aliphatic hydroxyl groups excluding tert-OH is 1. The van der Waals surface area contributed by atoms with Crippen LogP contribution in [0.5, 0.6) is 5.75 Å². The van der Waals surface area contributed by atoms with Crippen LogP contribution >= 0.6 is 15.9 Å². The van der Waals surface area contributed by atoms with Gasteiger partial charge in [-0.05, 0) is 57.9 Å². The third kappa shape index (κ3) is 5.23. The fraction of sp³-hybridized carbons (Fsp3) is 0.581. The second-order valence-electron chi connectivity index (χ2n) is 11.2. The molecule has 41 heavy (non-hydrogen) atoms. The molecule has 2 bridgehead atoms. The SMILES string of the molecule is C=CCN(C(=O)[C@H]1[C@@H]2OC3(CC2Br)C(C(=O)N(CC=C)C(C)C)N([C@@H](CC)CO)C(=O)[C@H]13)c1ccc(OCC)cc1. The van der Waals surface area contributed by atoms with Gasteiger partial charge in [-0.3, -0.25) is 14.4 Å². The molecule has 3 heterocycles. The summed E-state index contributed by atoms with van der Waals surface area (Å²) >= 11 is 3.74. The van der Waals surface area contributed by atoms with E-state index >= 15 is 0 Å². The highest BCUT2D eigenvalue weighted by atomic mass is 79.9. The highest BCUT2D eigenvalue weighted by Gasteiger charge is 2.77. The number of hydrogen-bond acceptors (Lipinski definition) is 6. The second-order valence-corrected chi connectivity index (χ2v) is 12.4. The molecule has 3 saturated heterocycles. The molecule has 7 atom stereocenters. The highest BCUT2D eigenvalue weighted by Crippen LogP contribution is 2.61. The highest BCUT2D eigenvalue weighted by molar-refractivity contribution is 9.09. The van der Waals surface area contributed by atoms with E-state index in [0.29, 0.717) is 37.4 Å². The molecule has 0 aliphatic carbocycles. The van der Waals surface area contributed by atoms with Crippen LogP contribution in [0.1, 0.15) is 40.5 Å². The van der Waals surface area contributed by atoms with Crippen molar-refractivity contribution in [3.8, 4) is 5.75 Å². The van der Waals surface area contributed by atoms with E-state index in [4.69, 9.17) is 9.47 Å². The molecule has 3 amide bonds. The van der Waals surface area contributed by atoms with E-state index in [1.165, 1.54) is 4.90 Å². The Bertz CT molecular complexity index is 1160. The predicted molar refractivity (Wildman–Crippen MR) is 161 cm³/mol. The molecule has 3 unspecified atom stereocenters. The first kappa shape index (κ1) is 31.3. The normalized spacial score (nSPS) is 28.9. The summed E-state index contributed by atoms with van der Waals surface area (Å²) in [7, 11) is 0. The average molecular weight is 633 g/mol. The molecule has 1 spiro atoms. The minimum Gasteiger partial charge on any atom is -0.494 e. The monoisotopic (exact) mass is 631 g/mol. The Morgan fingerprint density at radius 3 is 2.39 bits per heavy atom. The predicted octanol–water partition coefficient (Wildman–Crippen LogP) is 3.55. The van der Waals surface area contributed by atoms with Crippen molar-refractivity contribution in [1.82, 2.24) is 9.80 Å². The summed E-state index contributed by atoms with van der Waals surface area (Å²) in [5.41, 5.74) is -0.557. The molecule has 10 heteroatoms. The number of benzene rings is 1. The maximum atomic E-state index is 14.4. The van der Waals surface area contributed by atoms with Crippen LogP contribution in [-0.2, 0) is 19.1 Å². The van der Waals surface area contributed by atoms with Crippen LogP contribution in [0.15, 0.2) is 49.6 Å². The number of rotatable bonds is 13. The van der Waals surface area contributed by atoms with Crippen molar-refractivity contribution in [2.75, 3.05) is 31.2 Å². The number of likely N-dealkylation sites (tertiary alicyclic amines) is 1. The first-order chi connectivity index (χ1) is 19.6. The topological polar surface area (TPSA) is 99.6 Å². The van der Waals surface area contributed by atoms with Gasteiger partial charge in [0.25, 0.3) is 0 Å². The standard InChI is InChI=1S/C31H42BrN3O6/c1-7-15-33(19(5)6)30(39)27-31-17-23(32)26(41-31)24(25(31)29(38)35(27)20(9-3)18-36)28(37)34(16-8-2)21-11-13-22(14-12-21)40-10-4/h7-8,11-14,19-20,23-27,36H,1-2,9-10,15-18H2,3-6H3/t20-,23?,24+,25-,26+,27?,31?/m0/s1. The van der Waals surface area contributed by atoms with Gasteiger partial charge in [0.05, 0.1) is 37.2 Å². The summed E-state index contributed by atoms with van der Waals surface area (Å²) in [4.78, 5) is 47.7. The number of carbonyl (C=O) groups excluding carboxylic acids is 3. The molecule has 224 valence electrons. The van der Waals surface area contributed by atoms with Gasteiger partial charge in [0, 0.05) is 29.6 Å². The Morgan fingerprint density at radius 1 is 1.20 bits per heavy atom. The fourth-order valence-electron chi connectivity index (χ4n) is 6.81. The van der Waals surface area contributed by atoms with Crippen LogP contribution in [0.25, 0.3) is 0 Å². The Balaban J connectivity index is 1.79. The van der Waals surface area contributed by atoms with Crippen molar-refractivity contribution < 1.29 is 29.0 Å². The number of anilines is 1. The van der Waals surface area contributed by atoms with Gasteiger partial charge < -0.3 is 29.3 Å². The number of fused-ring (bicyclic) bond motifs is 1. The molecule has 1 aromatic rings. The third-order valence-corrected chi connectivity index (χ3v) is 9.44. The minimum absolute atomic E-state index is 0.152. The van der Waals surface area contributed by atoms with Crippen LogP contribution in [0, 0.1) is 11.8 Å². The summed E-state index contributed by atoms with van der Waals surface area (Å²) < 4.78 is 12.2. The van der Waals surface area contributed by atoms with Gasteiger partial charge >= 0.3 is 0 Å². The number of alkyl halides is 1. The average Bonchev–Trinajstić information content (AvgIpc) is 3.54. The van der Waals surface area contributed by atoms with E-state index < -0.39 is 35.6 Å². The van der Waals surface area contributed by atoms with Gasteiger partial charge in [0.15, 0.2) is 0 Å². The Hall–Kier alpha value is -2.69. The Morgan fingerprint density at radius 2 is 1.85 bits per heavy atom. The zero-order valence-electron chi connectivity index (χ0n) is 24.4. The number of hydrogen-bond donors (Lipinski definition) is 1. The number of aliphatic hydroxyl groups is 1. The Kier molecular flexibility index (Phi) is 9.66. The number of nitrogens with zero attached hydrogens (tertiary/aromatic N) is 3. The van der Waals surface area contributed by atoms with Crippen LogP contribution in [0.2, 0.25) is 0 Å². The minimum atomic E-state index is -1.21. The summed E-state index contributed by atoms with van der Waals surface area (Å²) in [5, 5.41) is 10.3. The number of carbonyl (C=O) groups is 3. The lowest BCUT2D eigenvalue weighted by molar-refractivity contribution is -0.152. The van der Waals surface area contributed by atoms with Crippen LogP contribution in [0.3, 0.4) is 0 Å². The van der Waals surface area contributed by atoms with E-state index in [2.05, 4.69) is 29.1 Å².